The second kappa shape index (κ2) is 5.76. The molecule has 0 aromatic heterocycles. The van der Waals surface area contributed by atoms with E-state index in [0.717, 1.165) is 11.3 Å². The van der Waals surface area contributed by atoms with Gasteiger partial charge in [-0.05, 0) is 12.1 Å². The lowest BCUT2D eigenvalue weighted by molar-refractivity contribution is -0.113. The average Bonchev–Trinajstić information content (AvgIpc) is 2.06. The fourth-order valence-electron chi connectivity index (χ4n) is 0.415. The van der Waals surface area contributed by atoms with E-state index in [1.54, 1.807) is 0 Å². The zero-order valence-corrected chi connectivity index (χ0v) is 9.01. The normalized spacial score (nSPS) is 9.85. The van der Waals surface area contributed by atoms with Crippen molar-refractivity contribution in [2.24, 2.45) is 5.41 Å². The summed E-state index contributed by atoms with van der Waals surface area (Å²) in [5.41, 5.74) is -0.139. The standard InChI is InChI=1S/C6H5Cl.C5H10O/c7-6-4-2-1-3-5-6;1-5(2,3)4-6/h1-5H;4H,1-3H3. The van der Waals surface area contributed by atoms with E-state index in [2.05, 4.69) is 0 Å². The van der Waals surface area contributed by atoms with Gasteiger partial charge in [0.25, 0.3) is 0 Å². The van der Waals surface area contributed by atoms with Gasteiger partial charge in [-0.15, -0.1) is 0 Å². The Morgan fingerprint density at radius 2 is 1.54 bits per heavy atom. The van der Waals surface area contributed by atoms with Crippen LogP contribution in [0, 0.1) is 5.41 Å². The molecule has 13 heavy (non-hydrogen) atoms. The highest BCUT2D eigenvalue weighted by Crippen LogP contribution is 2.05. The Morgan fingerprint density at radius 3 is 1.69 bits per heavy atom. The van der Waals surface area contributed by atoms with E-state index >= 15 is 0 Å². The van der Waals surface area contributed by atoms with Crippen LogP contribution >= 0.6 is 11.6 Å². The molecule has 0 heterocycles. The van der Waals surface area contributed by atoms with Crippen LogP contribution in [0.1, 0.15) is 20.8 Å². The van der Waals surface area contributed by atoms with Gasteiger partial charge in [0.05, 0.1) is 0 Å². The third-order valence-corrected chi connectivity index (χ3v) is 1.34. The first-order valence-corrected chi connectivity index (χ1v) is 4.50. The fraction of sp³-hybridized carbons (Fsp3) is 0.364. The molecule has 0 aliphatic carbocycles. The van der Waals surface area contributed by atoms with Crippen LogP contribution in [-0.4, -0.2) is 6.29 Å². The maximum absolute atomic E-state index is 9.83. The molecule has 0 aliphatic rings. The molecular weight excluding hydrogens is 184 g/mol. The molecule has 0 spiro atoms. The number of hydrogen-bond donors (Lipinski definition) is 0. The first-order chi connectivity index (χ1) is 5.95. The second-order valence-electron chi connectivity index (χ2n) is 3.78. The molecule has 0 saturated carbocycles. The van der Waals surface area contributed by atoms with Gasteiger partial charge in [0, 0.05) is 10.4 Å². The van der Waals surface area contributed by atoms with Gasteiger partial charge < -0.3 is 4.79 Å². The summed E-state index contributed by atoms with van der Waals surface area (Å²) in [4.78, 5) is 9.83. The van der Waals surface area contributed by atoms with E-state index in [0.29, 0.717) is 0 Å². The number of halogens is 1. The SMILES string of the molecule is CC(C)(C)C=O.Clc1ccccc1. The van der Waals surface area contributed by atoms with Gasteiger partial charge in [0.15, 0.2) is 0 Å². The van der Waals surface area contributed by atoms with Crippen LogP contribution in [0.15, 0.2) is 30.3 Å². The minimum atomic E-state index is -0.139. The van der Waals surface area contributed by atoms with Gasteiger partial charge in [0.1, 0.15) is 6.29 Å². The zero-order valence-electron chi connectivity index (χ0n) is 8.25. The van der Waals surface area contributed by atoms with Crippen molar-refractivity contribution in [2.45, 2.75) is 20.8 Å². The van der Waals surface area contributed by atoms with Crippen LogP contribution in [0.2, 0.25) is 5.02 Å². The first kappa shape index (κ1) is 12.2. The summed E-state index contributed by atoms with van der Waals surface area (Å²) in [6.07, 6.45) is 0.938. The Hall–Kier alpha value is -0.820. The van der Waals surface area contributed by atoms with E-state index in [1.807, 2.05) is 51.1 Å². The molecule has 0 atom stereocenters. The zero-order chi connectivity index (χ0) is 10.3. The number of aldehydes is 1. The molecule has 2 heteroatoms. The molecule has 72 valence electrons. The van der Waals surface area contributed by atoms with Crippen molar-refractivity contribution in [3.63, 3.8) is 0 Å². The van der Waals surface area contributed by atoms with E-state index < -0.39 is 0 Å². The van der Waals surface area contributed by atoms with Crippen molar-refractivity contribution in [1.29, 1.82) is 0 Å². The van der Waals surface area contributed by atoms with Gasteiger partial charge >= 0.3 is 0 Å². The number of carbonyl (C=O) groups excluding carboxylic acids is 1. The molecule has 0 unspecified atom stereocenters. The van der Waals surface area contributed by atoms with Crippen LogP contribution in [0.4, 0.5) is 0 Å². The van der Waals surface area contributed by atoms with E-state index in [4.69, 9.17) is 11.6 Å². The summed E-state index contributed by atoms with van der Waals surface area (Å²) >= 11 is 5.54. The van der Waals surface area contributed by atoms with Crippen molar-refractivity contribution in [3.05, 3.63) is 35.4 Å². The smallest absolute Gasteiger partial charge is 0.125 e. The summed E-state index contributed by atoms with van der Waals surface area (Å²) < 4.78 is 0. The lowest BCUT2D eigenvalue weighted by atomic mass is 10.0. The quantitative estimate of drug-likeness (QED) is 0.583. The van der Waals surface area contributed by atoms with Crippen LogP contribution in [0.3, 0.4) is 0 Å². The van der Waals surface area contributed by atoms with Crippen LogP contribution in [-0.2, 0) is 4.79 Å². The van der Waals surface area contributed by atoms with E-state index in [9.17, 15) is 4.79 Å². The van der Waals surface area contributed by atoms with Crippen LogP contribution in [0.5, 0.6) is 0 Å². The van der Waals surface area contributed by atoms with Gasteiger partial charge in [0.2, 0.25) is 0 Å². The van der Waals surface area contributed by atoms with Crippen LogP contribution in [0.25, 0.3) is 0 Å². The molecule has 0 bridgehead atoms. The molecule has 1 rings (SSSR count). The van der Waals surface area contributed by atoms with Gasteiger partial charge in [-0.3, -0.25) is 0 Å². The largest absolute Gasteiger partial charge is 0.303 e. The number of rotatable bonds is 0. The number of carbonyl (C=O) groups is 1. The molecule has 1 aromatic rings. The van der Waals surface area contributed by atoms with Gasteiger partial charge in [-0.1, -0.05) is 50.6 Å². The lowest BCUT2D eigenvalue weighted by Gasteiger charge is -2.03. The molecule has 0 saturated heterocycles. The Labute approximate surface area is 84.7 Å². The minimum Gasteiger partial charge on any atom is -0.303 e. The number of hydrogen-bond acceptors (Lipinski definition) is 1. The number of benzene rings is 1. The van der Waals surface area contributed by atoms with Crippen molar-refractivity contribution >= 4 is 17.9 Å². The van der Waals surface area contributed by atoms with E-state index in [1.165, 1.54) is 0 Å². The van der Waals surface area contributed by atoms with Gasteiger partial charge in [-0.25, -0.2) is 0 Å². The molecule has 0 amide bonds. The third kappa shape index (κ3) is 9.09. The molecule has 1 nitrogen and oxygen atoms in total. The molecule has 0 N–H and O–H groups in total. The Balaban J connectivity index is 0.000000226. The summed E-state index contributed by atoms with van der Waals surface area (Å²) in [6.45, 7) is 5.62. The first-order valence-electron chi connectivity index (χ1n) is 4.12. The molecular formula is C11H15ClO. The van der Waals surface area contributed by atoms with Crippen molar-refractivity contribution in [3.8, 4) is 0 Å². The molecule has 1 aromatic carbocycles. The maximum Gasteiger partial charge on any atom is 0.125 e. The molecule has 0 radical (unpaired) electrons. The molecule has 0 fully saturated rings. The highest BCUT2D eigenvalue weighted by molar-refractivity contribution is 6.30. The minimum absolute atomic E-state index is 0.139. The second-order valence-corrected chi connectivity index (χ2v) is 4.22. The Kier molecular flexibility index (Phi) is 5.40. The summed E-state index contributed by atoms with van der Waals surface area (Å²) in [5, 5.41) is 0.794. The summed E-state index contributed by atoms with van der Waals surface area (Å²) in [6, 6.07) is 9.44. The fourth-order valence-corrected chi connectivity index (χ4v) is 0.560. The maximum atomic E-state index is 9.83. The lowest BCUT2D eigenvalue weighted by Crippen LogP contribution is -2.04. The van der Waals surface area contributed by atoms with Crippen molar-refractivity contribution in [2.75, 3.05) is 0 Å². The van der Waals surface area contributed by atoms with E-state index in [-0.39, 0.29) is 5.41 Å². The predicted molar refractivity (Wildman–Crippen MR) is 57.0 cm³/mol. The third-order valence-electron chi connectivity index (χ3n) is 1.09. The van der Waals surface area contributed by atoms with Gasteiger partial charge in [-0.2, -0.15) is 0 Å². The monoisotopic (exact) mass is 198 g/mol. The highest BCUT2D eigenvalue weighted by atomic mass is 35.5. The topological polar surface area (TPSA) is 17.1 Å². The van der Waals surface area contributed by atoms with Crippen LogP contribution < -0.4 is 0 Å². The predicted octanol–water partition coefficient (Wildman–Crippen LogP) is 3.57. The Morgan fingerprint density at radius 1 is 1.15 bits per heavy atom. The highest BCUT2D eigenvalue weighted by Gasteiger charge is 2.04. The average molecular weight is 199 g/mol. The van der Waals surface area contributed by atoms with Crippen molar-refractivity contribution < 1.29 is 4.79 Å². The summed E-state index contributed by atoms with van der Waals surface area (Å²) in [7, 11) is 0. The van der Waals surface area contributed by atoms with Crippen molar-refractivity contribution in [1.82, 2.24) is 0 Å². The summed E-state index contributed by atoms with van der Waals surface area (Å²) in [5.74, 6) is 0. The molecule has 0 aliphatic heterocycles. The Bertz CT molecular complexity index is 236.